The van der Waals surface area contributed by atoms with Crippen molar-refractivity contribution in [2.45, 2.75) is 37.8 Å². The molecule has 1 aromatic carbocycles. The zero-order valence-corrected chi connectivity index (χ0v) is 14.1. The molecule has 2 atom stereocenters. The Balaban J connectivity index is 1.35. The zero-order valence-electron chi connectivity index (χ0n) is 14.1. The maximum atomic E-state index is 12.7. The molecule has 2 aliphatic heterocycles. The molecule has 5 nitrogen and oxygen atoms in total. The molecule has 0 spiro atoms. The molecule has 0 bridgehead atoms. The molecular weight excluding hydrogens is 304 g/mol. The first-order chi connectivity index (χ1) is 11.8. The minimum absolute atomic E-state index is 0.0766. The molecule has 130 valence electrons. The van der Waals surface area contributed by atoms with Crippen LogP contribution in [0.15, 0.2) is 24.3 Å². The molecule has 1 saturated carbocycles. The number of morpholine rings is 1. The van der Waals surface area contributed by atoms with Crippen molar-refractivity contribution in [1.29, 1.82) is 0 Å². The number of amides is 1. The number of para-hydroxylation sites is 1. The van der Waals surface area contributed by atoms with Gasteiger partial charge in [0, 0.05) is 25.4 Å². The van der Waals surface area contributed by atoms with Crippen molar-refractivity contribution in [3.63, 3.8) is 0 Å². The van der Waals surface area contributed by atoms with E-state index in [1.165, 1.54) is 18.4 Å². The third-order valence-electron chi connectivity index (χ3n) is 5.23. The first-order valence-corrected chi connectivity index (χ1v) is 9.12. The Kier molecular flexibility index (Phi) is 4.83. The van der Waals surface area contributed by atoms with Gasteiger partial charge < -0.3 is 14.8 Å². The minimum Gasteiger partial charge on any atom is -0.378 e. The summed E-state index contributed by atoms with van der Waals surface area (Å²) < 4.78 is 11.6. The van der Waals surface area contributed by atoms with Gasteiger partial charge in [0.15, 0.2) is 0 Å². The van der Waals surface area contributed by atoms with Gasteiger partial charge in [-0.05, 0) is 43.2 Å². The molecule has 5 heteroatoms. The van der Waals surface area contributed by atoms with Crippen LogP contribution in [-0.2, 0) is 20.7 Å². The second-order valence-corrected chi connectivity index (χ2v) is 7.17. The van der Waals surface area contributed by atoms with E-state index in [2.05, 4.69) is 16.3 Å². The van der Waals surface area contributed by atoms with E-state index >= 15 is 0 Å². The Hall–Kier alpha value is -1.43. The molecule has 1 aromatic rings. The van der Waals surface area contributed by atoms with Crippen LogP contribution in [0.3, 0.4) is 0 Å². The molecule has 4 rings (SSSR count). The molecule has 2 fully saturated rings. The minimum atomic E-state index is -0.0766. The summed E-state index contributed by atoms with van der Waals surface area (Å²) in [6, 6.07) is 8.02. The van der Waals surface area contributed by atoms with Gasteiger partial charge in [-0.15, -0.1) is 0 Å². The molecule has 3 aliphatic rings. The van der Waals surface area contributed by atoms with E-state index in [0.717, 1.165) is 44.1 Å². The van der Waals surface area contributed by atoms with Crippen molar-refractivity contribution in [3.05, 3.63) is 29.8 Å². The highest BCUT2D eigenvalue weighted by Crippen LogP contribution is 2.29. The van der Waals surface area contributed by atoms with Gasteiger partial charge in [0.25, 0.3) is 0 Å². The summed E-state index contributed by atoms with van der Waals surface area (Å²) in [6.45, 7) is 3.77. The van der Waals surface area contributed by atoms with Gasteiger partial charge in [0.2, 0.25) is 5.91 Å². The number of fused-ring (bicyclic) bond motifs is 1. The monoisotopic (exact) mass is 330 g/mol. The number of hydrogen-bond acceptors (Lipinski definition) is 4. The Morgan fingerprint density at radius 1 is 1.21 bits per heavy atom. The number of hydrogen-bond donors (Lipinski definition) is 1. The molecule has 0 radical (unpaired) electrons. The molecule has 1 amide bonds. The Labute approximate surface area is 143 Å². The summed E-state index contributed by atoms with van der Waals surface area (Å²) in [4.78, 5) is 14.9. The van der Waals surface area contributed by atoms with Gasteiger partial charge in [-0.3, -0.25) is 9.69 Å². The average molecular weight is 330 g/mol. The van der Waals surface area contributed by atoms with Crippen LogP contribution in [0.1, 0.15) is 24.8 Å². The van der Waals surface area contributed by atoms with Crippen LogP contribution < -0.4 is 5.32 Å². The van der Waals surface area contributed by atoms with Crippen molar-refractivity contribution >= 4 is 11.6 Å². The SMILES string of the molecule is O=C1Nc2ccccc2CC[C@@H]1N1CCO[C@H](COCC2CC2)C1. The molecule has 24 heavy (non-hydrogen) atoms. The van der Waals surface area contributed by atoms with Crippen LogP contribution >= 0.6 is 0 Å². The zero-order chi connectivity index (χ0) is 16.4. The lowest BCUT2D eigenvalue weighted by molar-refractivity contribution is -0.127. The summed E-state index contributed by atoms with van der Waals surface area (Å²) in [5.41, 5.74) is 2.19. The van der Waals surface area contributed by atoms with Crippen molar-refractivity contribution < 1.29 is 14.3 Å². The van der Waals surface area contributed by atoms with Gasteiger partial charge in [0.05, 0.1) is 25.4 Å². The van der Waals surface area contributed by atoms with Gasteiger partial charge in [-0.1, -0.05) is 18.2 Å². The lowest BCUT2D eigenvalue weighted by Crippen LogP contribution is -2.52. The third kappa shape index (κ3) is 3.79. The van der Waals surface area contributed by atoms with E-state index in [1.54, 1.807) is 0 Å². The number of carbonyl (C=O) groups excluding carboxylic acids is 1. The van der Waals surface area contributed by atoms with Crippen LogP contribution in [0.4, 0.5) is 5.69 Å². The van der Waals surface area contributed by atoms with Crippen molar-refractivity contribution in [2.24, 2.45) is 5.92 Å². The second kappa shape index (κ2) is 7.21. The highest BCUT2D eigenvalue weighted by molar-refractivity contribution is 5.96. The Morgan fingerprint density at radius 3 is 2.96 bits per heavy atom. The summed E-state index contributed by atoms with van der Waals surface area (Å²) in [5.74, 6) is 0.885. The molecule has 0 unspecified atom stereocenters. The summed E-state index contributed by atoms with van der Waals surface area (Å²) in [5, 5.41) is 3.10. The number of rotatable bonds is 5. The van der Waals surface area contributed by atoms with Crippen LogP contribution in [0, 0.1) is 5.92 Å². The number of nitrogens with zero attached hydrogens (tertiary/aromatic N) is 1. The fourth-order valence-corrected chi connectivity index (χ4v) is 3.62. The third-order valence-corrected chi connectivity index (χ3v) is 5.23. The fourth-order valence-electron chi connectivity index (χ4n) is 3.62. The molecule has 1 saturated heterocycles. The Morgan fingerprint density at radius 2 is 2.08 bits per heavy atom. The first-order valence-electron chi connectivity index (χ1n) is 9.12. The maximum absolute atomic E-state index is 12.7. The van der Waals surface area contributed by atoms with Gasteiger partial charge >= 0.3 is 0 Å². The van der Waals surface area contributed by atoms with Crippen LogP contribution in [-0.4, -0.2) is 55.9 Å². The second-order valence-electron chi connectivity index (χ2n) is 7.17. The highest BCUT2D eigenvalue weighted by atomic mass is 16.5. The van der Waals surface area contributed by atoms with E-state index in [1.807, 2.05) is 18.2 Å². The Bertz CT molecular complexity index is 588. The first kappa shape index (κ1) is 16.1. The summed E-state index contributed by atoms with van der Waals surface area (Å²) >= 11 is 0. The molecular formula is C19H26N2O3. The molecule has 1 N–H and O–H groups in total. The number of aryl methyl sites for hydroxylation is 1. The van der Waals surface area contributed by atoms with E-state index in [0.29, 0.717) is 13.2 Å². The number of nitrogens with one attached hydrogen (secondary N) is 1. The maximum Gasteiger partial charge on any atom is 0.241 e. The van der Waals surface area contributed by atoms with Crippen molar-refractivity contribution in [3.8, 4) is 0 Å². The number of carbonyl (C=O) groups is 1. The van der Waals surface area contributed by atoms with E-state index in [-0.39, 0.29) is 18.1 Å². The molecule has 2 heterocycles. The molecule has 1 aliphatic carbocycles. The standard InChI is InChI=1S/C19H26N2O3/c22-19-18(8-7-15-3-1-2-4-17(15)20-19)21-9-10-24-16(11-21)13-23-12-14-5-6-14/h1-4,14,16,18H,5-13H2,(H,20,22)/t16-,18-/m0/s1. The predicted octanol–water partition coefficient (Wildman–Crippen LogP) is 2.07. The summed E-state index contributed by atoms with van der Waals surface area (Å²) in [6.07, 6.45) is 4.48. The lowest BCUT2D eigenvalue weighted by Gasteiger charge is -2.37. The van der Waals surface area contributed by atoms with Crippen molar-refractivity contribution in [1.82, 2.24) is 4.90 Å². The van der Waals surface area contributed by atoms with Crippen molar-refractivity contribution in [2.75, 3.05) is 38.2 Å². The van der Waals surface area contributed by atoms with E-state index in [4.69, 9.17) is 9.47 Å². The van der Waals surface area contributed by atoms with Crippen LogP contribution in [0.25, 0.3) is 0 Å². The number of ether oxygens (including phenoxy) is 2. The highest BCUT2D eigenvalue weighted by Gasteiger charge is 2.33. The predicted molar refractivity (Wildman–Crippen MR) is 92.0 cm³/mol. The summed E-state index contributed by atoms with van der Waals surface area (Å²) in [7, 11) is 0. The normalized spacial score (nSPS) is 28.1. The van der Waals surface area contributed by atoms with Gasteiger partial charge in [-0.2, -0.15) is 0 Å². The van der Waals surface area contributed by atoms with Gasteiger partial charge in [0.1, 0.15) is 0 Å². The smallest absolute Gasteiger partial charge is 0.241 e. The van der Waals surface area contributed by atoms with Crippen LogP contribution in [0.5, 0.6) is 0 Å². The van der Waals surface area contributed by atoms with Gasteiger partial charge in [-0.25, -0.2) is 0 Å². The largest absolute Gasteiger partial charge is 0.378 e. The van der Waals surface area contributed by atoms with E-state index in [9.17, 15) is 4.79 Å². The van der Waals surface area contributed by atoms with Crippen LogP contribution in [0.2, 0.25) is 0 Å². The molecule has 0 aromatic heterocycles. The van der Waals surface area contributed by atoms with E-state index < -0.39 is 0 Å². The quantitative estimate of drug-likeness (QED) is 0.898. The topological polar surface area (TPSA) is 50.8 Å². The lowest BCUT2D eigenvalue weighted by atomic mass is 10.0. The number of anilines is 1. The average Bonchev–Trinajstić information content (AvgIpc) is 3.42. The fraction of sp³-hybridized carbons (Fsp3) is 0.632. The number of benzene rings is 1.